The van der Waals surface area contributed by atoms with Gasteiger partial charge in [-0.1, -0.05) is 42.1 Å². The predicted molar refractivity (Wildman–Crippen MR) is 97.3 cm³/mol. The Morgan fingerprint density at radius 2 is 1.83 bits per heavy atom. The van der Waals surface area contributed by atoms with E-state index in [2.05, 4.69) is 30.6 Å². The standard InChI is InChI=1S/C16H16Cl2N6/c17-10-6-3-7-11(18)13(10)22-16-21-12-8-19-15(23-14(12)24-16)20-9-4-1-2-5-9/h3,6-9H,1-2,4-5H2,(H3,19,20,21,22,23,24). The molecule has 3 N–H and O–H groups in total. The van der Waals surface area contributed by atoms with E-state index in [4.69, 9.17) is 23.2 Å². The summed E-state index contributed by atoms with van der Waals surface area (Å²) in [5.74, 6) is 1.13. The van der Waals surface area contributed by atoms with E-state index in [1.807, 2.05) is 0 Å². The molecular formula is C16H16Cl2N6. The van der Waals surface area contributed by atoms with Gasteiger partial charge < -0.3 is 15.6 Å². The number of imidazole rings is 1. The topological polar surface area (TPSA) is 78.5 Å². The van der Waals surface area contributed by atoms with Gasteiger partial charge in [0.1, 0.15) is 5.52 Å². The molecule has 0 atom stereocenters. The lowest BCUT2D eigenvalue weighted by Crippen LogP contribution is -2.16. The van der Waals surface area contributed by atoms with Gasteiger partial charge in [0.15, 0.2) is 5.65 Å². The smallest absolute Gasteiger partial charge is 0.225 e. The molecule has 6 nitrogen and oxygen atoms in total. The van der Waals surface area contributed by atoms with E-state index in [1.54, 1.807) is 24.4 Å². The Labute approximate surface area is 149 Å². The molecule has 1 fully saturated rings. The number of aromatic nitrogens is 4. The summed E-state index contributed by atoms with van der Waals surface area (Å²) in [5.41, 5.74) is 1.95. The molecule has 0 aliphatic heterocycles. The van der Waals surface area contributed by atoms with E-state index in [0.717, 1.165) is 5.52 Å². The van der Waals surface area contributed by atoms with Crippen molar-refractivity contribution < 1.29 is 0 Å². The molecule has 1 saturated carbocycles. The summed E-state index contributed by atoms with van der Waals surface area (Å²) in [5, 5.41) is 7.53. The Bertz CT molecular complexity index is 852. The molecule has 124 valence electrons. The van der Waals surface area contributed by atoms with Gasteiger partial charge in [-0.25, -0.2) is 4.98 Å². The van der Waals surface area contributed by atoms with Gasteiger partial charge in [-0.2, -0.15) is 9.97 Å². The molecule has 0 radical (unpaired) electrons. The van der Waals surface area contributed by atoms with Crippen LogP contribution in [0.5, 0.6) is 0 Å². The highest BCUT2D eigenvalue weighted by atomic mass is 35.5. The van der Waals surface area contributed by atoms with Crippen molar-refractivity contribution in [3.8, 4) is 0 Å². The fraction of sp³-hybridized carbons (Fsp3) is 0.312. The molecule has 4 rings (SSSR count). The monoisotopic (exact) mass is 362 g/mol. The Balaban J connectivity index is 1.58. The number of H-pyrrole nitrogens is 1. The van der Waals surface area contributed by atoms with E-state index in [-0.39, 0.29) is 0 Å². The van der Waals surface area contributed by atoms with Crippen LogP contribution in [0.15, 0.2) is 24.4 Å². The molecule has 0 spiro atoms. The fourth-order valence-corrected chi connectivity index (χ4v) is 3.42. The summed E-state index contributed by atoms with van der Waals surface area (Å²) >= 11 is 12.3. The number of halogens is 2. The van der Waals surface area contributed by atoms with Crippen molar-refractivity contribution >= 4 is 51.9 Å². The molecule has 1 aromatic carbocycles. The molecule has 1 aliphatic rings. The van der Waals surface area contributed by atoms with Crippen LogP contribution in [0.3, 0.4) is 0 Å². The Morgan fingerprint density at radius 1 is 1.08 bits per heavy atom. The minimum absolute atomic E-state index is 0.459. The number of hydrogen-bond donors (Lipinski definition) is 3. The summed E-state index contributed by atoms with van der Waals surface area (Å²) in [6, 6.07) is 5.78. The van der Waals surface area contributed by atoms with Crippen molar-refractivity contribution in [2.75, 3.05) is 10.6 Å². The zero-order valence-corrected chi connectivity index (χ0v) is 14.3. The second-order valence-electron chi connectivity index (χ2n) is 5.86. The highest BCUT2D eigenvalue weighted by Gasteiger charge is 2.16. The van der Waals surface area contributed by atoms with Crippen LogP contribution in [0.2, 0.25) is 10.0 Å². The summed E-state index contributed by atoms with van der Waals surface area (Å²) < 4.78 is 0. The first-order chi connectivity index (χ1) is 11.7. The van der Waals surface area contributed by atoms with Crippen LogP contribution >= 0.6 is 23.2 Å². The van der Waals surface area contributed by atoms with Crippen molar-refractivity contribution in [1.82, 2.24) is 19.9 Å². The maximum absolute atomic E-state index is 6.17. The van der Waals surface area contributed by atoms with Crippen molar-refractivity contribution in [2.45, 2.75) is 31.7 Å². The van der Waals surface area contributed by atoms with Gasteiger partial charge in [0, 0.05) is 6.04 Å². The minimum atomic E-state index is 0.459. The van der Waals surface area contributed by atoms with E-state index < -0.39 is 0 Å². The Hall–Kier alpha value is -2.05. The Kier molecular flexibility index (Phi) is 4.16. The number of fused-ring (bicyclic) bond motifs is 1. The molecule has 2 aromatic heterocycles. The maximum atomic E-state index is 6.17. The number of anilines is 3. The van der Waals surface area contributed by atoms with E-state index >= 15 is 0 Å². The molecule has 0 amide bonds. The SMILES string of the molecule is Clc1cccc(Cl)c1Nc1nc2nc(NC3CCCC3)ncc2[nH]1. The van der Waals surface area contributed by atoms with Crippen LogP contribution in [0.4, 0.5) is 17.6 Å². The minimum Gasteiger partial charge on any atom is -0.351 e. The van der Waals surface area contributed by atoms with Crippen LogP contribution < -0.4 is 10.6 Å². The zero-order valence-electron chi connectivity index (χ0n) is 12.8. The van der Waals surface area contributed by atoms with E-state index in [9.17, 15) is 0 Å². The lowest BCUT2D eigenvalue weighted by atomic mass is 10.2. The average Bonchev–Trinajstić information content (AvgIpc) is 3.20. The molecule has 2 heterocycles. The number of benzene rings is 1. The molecule has 1 aliphatic carbocycles. The van der Waals surface area contributed by atoms with Gasteiger partial charge in [0.25, 0.3) is 0 Å². The first-order valence-corrected chi connectivity index (χ1v) is 8.65. The molecule has 0 saturated heterocycles. The summed E-state index contributed by atoms with van der Waals surface area (Å²) in [4.78, 5) is 16.4. The van der Waals surface area contributed by atoms with Gasteiger partial charge in [0.05, 0.1) is 21.9 Å². The van der Waals surface area contributed by atoms with Gasteiger partial charge in [0.2, 0.25) is 11.9 Å². The van der Waals surface area contributed by atoms with Crippen LogP contribution in [0, 0.1) is 0 Å². The molecule has 0 bridgehead atoms. The quantitative estimate of drug-likeness (QED) is 0.623. The highest BCUT2D eigenvalue weighted by Crippen LogP contribution is 2.32. The van der Waals surface area contributed by atoms with E-state index in [0.29, 0.717) is 39.3 Å². The lowest BCUT2D eigenvalue weighted by Gasteiger charge is -2.10. The number of nitrogens with zero attached hydrogens (tertiary/aromatic N) is 3. The zero-order chi connectivity index (χ0) is 16.5. The molecular weight excluding hydrogens is 347 g/mol. The number of nitrogens with one attached hydrogen (secondary N) is 3. The molecule has 24 heavy (non-hydrogen) atoms. The first kappa shape index (κ1) is 15.5. The second-order valence-corrected chi connectivity index (χ2v) is 6.68. The summed E-state index contributed by atoms with van der Waals surface area (Å²) in [6.07, 6.45) is 6.58. The summed E-state index contributed by atoms with van der Waals surface area (Å²) in [7, 11) is 0. The van der Waals surface area contributed by atoms with Crippen LogP contribution in [-0.4, -0.2) is 26.0 Å². The van der Waals surface area contributed by atoms with Gasteiger partial charge in [-0.3, -0.25) is 0 Å². The molecule has 0 unspecified atom stereocenters. The van der Waals surface area contributed by atoms with Gasteiger partial charge in [-0.05, 0) is 25.0 Å². The third kappa shape index (κ3) is 3.12. The van der Waals surface area contributed by atoms with Gasteiger partial charge >= 0.3 is 0 Å². The van der Waals surface area contributed by atoms with Crippen LogP contribution in [0.1, 0.15) is 25.7 Å². The largest absolute Gasteiger partial charge is 0.351 e. The Morgan fingerprint density at radius 3 is 2.58 bits per heavy atom. The van der Waals surface area contributed by atoms with Crippen molar-refractivity contribution in [2.24, 2.45) is 0 Å². The predicted octanol–water partition coefficient (Wildman–Crippen LogP) is 4.76. The lowest BCUT2D eigenvalue weighted by molar-refractivity contribution is 0.745. The third-order valence-electron chi connectivity index (χ3n) is 4.13. The number of rotatable bonds is 4. The highest BCUT2D eigenvalue weighted by molar-refractivity contribution is 6.39. The molecule has 3 aromatic rings. The fourth-order valence-electron chi connectivity index (χ4n) is 2.92. The second kappa shape index (κ2) is 6.45. The van der Waals surface area contributed by atoms with E-state index in [1.165, 1.54) is 25.7 Å². The third-order valence-corrected chi connectivity index (χ3v) is 4.76. The average molecular weight is 363 g/mol. The number of hydrogen-bond acceptors (Lipinski definition) is 5. The maximum Gasteiger partial charge on any atom is 0.225 e. The first-order valence-electron chi connectivity index (χ1n) is 7.89. The van der Waals surface area contributed by atoms with Crippen molar-refractivity contribution in [1.29, 1.82) is 0 Å². The van der Waals surface area contributed by atoms with Crippen LogP contribution in [0.25, 0.3) is 11.2 Å². The number of para-hydroxylation sites is 1. The van der Waals surface area contributed by atoms with Crippen molar-refractivity contribution in [3.05, 3.63) is 34.4 Å². The normalized spacial score (nSPS) is 15.1. The number of aromatic amines is 1. The molecule has 8 heteroatoms. The van der Waals surface area contributed by atoms with Crippen LogP contribution in [-0.2, 0) is 0 Å². The summed E-state index contributed by atoms with van der Waals surface area (Å²) in [6.45, 7) is 0. The van der Waals surface area contributed by atoms with Gasteiger partial charge in [-0.15, -0.1) is 0 Å². The van der Waals surface area contributed by atoms with Crippen molar-refractivity contribution in [3.63, 3.8) is 0 Å².